The summed E-state index contributed by atoms with van der Waals surface area (Å²) in [5.41, 5.74) is 0. The molecule has 0 amide bonds. The Balaban J connectivity index is 3.43. The summed E-state index contributed by atoms with van der Waals surface area (Å²) in [6, 6.07) is 0. The lowest BCUT2D eigenvalue weighted by Gasteiger charge is -2.03. The summed E-state index contributed by atoms with van der Waals surface area (Å²) in [7, 11) is 0. The van der Waals surface area contributed by atoms with Crippen LogP contribution in [0.2, 0.25) is 0 Å². The highest BCUT2D eigenvalue weighted by molar-refractivity contribution is 5.70. The van der Waals surface area contributed by atoms with Gasteiger partial charge in [-0.25, -0.2) is 0 Å². The van der Waals surface area contributed by atoms with Crippen molar-refractivity contribution in [2.75, 3.05) is 13.2 Å². The Morgan fingerprint density at radius 1 is 0.833 bits per heavy atom. The molecule has 0 aromatic heterocycles. The molecule has 4 heteroatoms. The molecule has 0 N–H and O–H groups in total. The SMILES string of the molecule is C/C=C/COC(=O)CCCCC(=O)OC/C=C/C. The Labute approximate surface area is 109 Å². The van der Waals surface area contributed by atoms with Crippen LogP contribution < -0.4 is 0 Å². The van der Waals surface area contributed by atoms with Gasteiger partial charge in [0.05, 0.1) is 0 Å². The predicted octanol–water partition coefficient (Wildman–Crippen LogP) is 2.79. The number of esters is 2. The van der Waals surface area contributed by atoms with E-state index in [0.29, 0.717) is 38.9 Å². The van der Waals surface area contributed by atoms with Crippen LogP contribution in [0.5, 0.6) is 0 Å². The number of unbranched alkanes of at least 4 members (excludes halogenated alkanes) is 1. The molecule has 0 spiro atoms. The van der Waals surface area contributed by atoms with E-state index in [1.807, 2.05) is 26.0 Å². The zero-order valence-electron chi connectivity index (χ0n) is 11.2. The molecule has 0 aliphatic rings. The normalized spacial score (nSPS) is 11.0. The van der Waals surface area contributed by atoms with Crippen LogP contribution in [0.25, 0.3) is 0 Å². The topological polar surface area (TPSA) is 52.6 Å². The lowest BCUT2D eigenvalue weighted by molar-refractivity contribution is -0.144. The van der Waals surface area contributed by atoms with Crippen LogP contribution >= 0.6 is 0 Å². The first-order valence-corrected chi connectivity index (χ1v) is 6.24. The van der Waals surface area contributed by atoms with Crippen molar-refractivity contribution in [2.45, 2.75) is 39.5 Å². The molecule has 0 aliphatic carbocycles. The Kier molecular flexibility index (Phi) is 10.8. The Morgan fingerprint density at radius 2 is 1.22 bits per heavy atom. The van der Waals surface area contributed by atoms with Crippen LogP contribution in [0.4, 0.5) is 0 Å². The zero-order valence-corrected chi connectivity index (χ0v) is 11.2. The Hall–Kier alpha value is -1.58. The molecule has 0 aliphatic heterocycles. The molecule has 0 rings (SSSR count). The van der Waals surface area contributed by atoms with Gasteiger partial charge in [0.1, 0.15) is 13.2 Å². The van der Waals surface area contributed by atoms with Gasteiger partial charge in [-0.1, -0.05) is 24.3 Å². The standard InChI is InChI=1S/C14H22O4/c1-3-5-11-17-13(15)9-7-8-10-14(16)18-12-6-4-2/h3-6H,7-12H2,1-2H3/b5-3+,6-4+. The fourth-order valence-electron chi connectivity index (χ4n) is 1.16. The summed E-state index contributed by atoms with van der Waals surface area (Å²) in [5.74, 6) is -0.453. The average Bonchev–Trinajstić information content (AvgIpc) is 2.35. The quantitative estimate of drug-likeness (QED) is 0.360. The van der Waals surface area contributed by atoms with E-state index in [0.717, 1.165) is 0 Å². The molecule has 0 fully saturated rings. The van der Waals surface area contributed by atoms with Gasteiger partial charge >= 0.3 is 11.9 Å². The van der Waals surface area contributed by atoms with Gasteiger partial charge in [0.2, 0.25) is 0 Å². The van der Waals surface area contributed by atoms with Gasteiger partial charge in [-0.15, -0.1) is 0 Å². The van der Waals surface area contributed by atoms with Crippen molar-refractivity contribution in [2.24, 2.45) is 0 Å². The van der Waals surface area contributed by atoms with Gasteiger partial charge in [-0.05, 0) is 26.7 Å². The minimum Gasteiger partial charge on any atom is -0.461 e. The van der Waals surface area contributed by atoms with Crippen molar-refractivity contribution in [3.05, 3.63) is 24.3 Å². The van der Waals surface area contributed by atoms with Gasteiger partial charge in [0, 0.05) is 12.8 Å². The molecule has 0 atom stereocenters. The summed E-state index contributed by atoms with van der Waals surface area (Å²) in [5, 5.41) is 0. The third-order valence-electron chi connectivity index (χ3n) is 2.16. The summed E-state index contributed by atoms with van der Waals surface area (Å²) in [6.45, 7) is 4.38. The molecular formula is C14H22O4. The molecule has 0 saturated carbocycles. The van der Waals surface area contributed by atoms with Crippen molar-refractivity contribution >= 4 is 11.9 Å². The molecule has 0 aromatic rings. The summed E-state index contributed by atoms with van der Waals surface area (Å²) in [6.07, 6.45) is 9.19. The second kappa shape index (κ2) is 11.9. The molecule has 4 nitrogen and oxygen atoms in total. The molecule has 0 bridgehead atoms. The molecule has 0 radical (unpaired) electrons. The number of carbonyl (C=O) groups excluding carboxylic acids is 2. The van der Waals surface area contributed by atoms with Crippen molar-refractivity contribution < 1.29 is 19.1 Å². The van der Waals surface area contributed by atoms with Gasteiger partial charge in [0.25, 0.3) is 0 Å². The molecular weight excluding hydrogens is 232 g/mol. The van der Waals surface area contributed by atoms with Gasteiger partial charge < -0.3 is 9.47 Å². The van der Waals surface area contributed by atoms with E-state index < -0.39 is 0 Å². The maximum absolute atomic E-state index is 11.2. The number of hydrogen-bond donors (Lipinski definition) is 0. The van der Waals surface area contributed by atoms with Gasteiger partial charge in [0.15, 0.2) is 0 Å². The second-order valence-corrected chi connectivity index (χ2v) is 3.71. The molecule has 0 aromatic carbocycles. The minimum absolute atomic E-state index is 0.226. The summed E-state index contributed by atoms with van der Waals surface area (Å²) in [4.78, 5) is 22.4. The lowest BCUT2D eigenvalue weighted by Crippen LogP contribution is -2.06. The van der Waals surface area contributed by atoms with Gasteiger partial charge in [-0.3, -0.25) is 9.59 Å². The number of allylic oxidation sites excluding steroid dienone is 2. The lowest BCUT2D eigenvalue weighted by atomic mass is 10.2. The largest absolute Gasteiger partial charge is 0.461 e. The number of ether oxygens (including phenoxy) is 2. The van der Waals surface area contributed by atoms with E-state index in [4.69, 9.17) is 9.47 Å². The summed E-state index contributed by atoms with van der Waals surface area (Å²) < 4.78 is 9.84. The highest BCUT2D eigenvalue weighted by Gasteiger charge is 2.04. The van der Waals surface area contributed by atoms with Gasteiger partial charge in [-0.2, -0.15) is 0 Å². The zero-order chi connectivity index (χ0) is 13.6. The monoisotopic (exact) mass is 254 g/mol. The molecule has 18 heavy (non-hydrogen) atoms. The maximum Gasteiger partial charge on any atom is 0.306 e. The summed E-state index contributed by atoms with van der Waals surface area (Å²) >= 11 is 0. The van der Waals surface area contributed by atoms with Crippen LogP contribution in [0.15, 0.2) is 24.3 Å². The molecule has 0 saturated heterocycles. The van der Waals surface area contributed by atoms with E-state index >= 15 is 0 Å². The van der Waals surface area contributed by atoms with Crippen LogP contribution in [-0.2, 0) is 19.1 Å². The van der Waals surface area contributed by atoms with Crippen LogP contribution in [0.3, 0.4) is 0 Å². The molecule has 0 unspecified atom stereocenters. The van der Waals surface area contributed by atoms with Crippen LogP contribution in [0.1, 0.15) is 39.5 Å². The minimum atomic E-state index is -0.226. The third-order valence-corrected chi connectivity index (χ3v) is 2.16. The van der Waals surface area contributed by atoms with E-state index in [-0.39, 0.29) is 11.9 Å². The number of carbonyl (C=O) groups is 2. The fraction of sp³-hybridized carbons (Fsp3) is 0.571. The van der Waals surface area contributed by atoms with E-state index in [1.165, 1.54) is 0 Å². The smallest absolute Gasteiger partial charge is 0.306 e. The van der Waals surface area contributed by atoms with Crippen LogP contribution in [-0.4, -0.2) is 25.2 Å². The van der Waals surface area contributed by atoms with Crippen molar-refractivity contribution in [1.29, 1.82) is 0 Å². The fourth-order valence-corrected chi connectivity index (χ4v) is 1.16. The van der Waals surface area contributed by atoms with E-state index in [1.54, 1.807) is 12.2 Å². The van der Waals surface area contributed by atoms with Crippen molar-refractivity contribution in [3.63, 3.8) is 0 Å². The Bertz CT molecular complexity index is 262. The van der Waals surface area contributed by atoms with E-state index in [9.17, 15) is 9.59 Å². The number of hydrogen-bond acceptors (Lipinski definition) is 4. The first-order valence-electron chi connectivity index (χ1n) is 6.24. The highest BCUT2D eigenvalue weighted by Crippen LogP contribution is 2.03. The Morgan fingerprint density at radius 3 is 1.56 bits per heavy atom. The predicted molar refractivity (Wildman–Crippen MR) is 70.0 cm³/mol. The first-order chi connectivity index (χ1) is 8.70. The molecule has 0 heterocycles. The second-order valence-electron chi connectivity index (χ2n) is 3.71. The average molecular weight is 254 g/mol. The van der Waals surface area contributed by atoms with E-state index in [2.05, 4.69) is 0 Å². The van der Waals surface area contributed by atoms with Crippen molar-refractivity contribution in [3.8, 4) is 0 Å². The van der Waals surface area contributed by atoms with Crippen LogP contribution in [0, 0.1) is 0 Å². The van der Waals surface area contributed by atoms with Crippen molar-refractivity contribution in [1.82, 2.24) is 0 Å². The highest BCUT2D eigenvalue weighted by atomic mass is 16.5. The first kappa shape index (κ1) is 16.4. The number of rotatable bonds is 9. The third kappa shape index (κ3) is 10.9. The molecule has 102 valence electrons. The maximum atomic E-state index is 11.2.